The molecule has 0 unspecified atom stereocenters. The highest BCUT2D eigenvalue weighted by atomic mass is 79.9. The summed E-state index contributed by atoms with van der Waals surface area (Å²) in [6.07, 6.45) is 0. The van der Waals surface area contributed by atoms with Gasteiger partial charge in [-0.25, -0.2) is 26.7 Å². The van der Waals surface area contributed by atoms with Crippen LogP contribution in [-0.4, -0.2) is 16.8 Å². The predicted molar refractivity (Wildman–Crippen MR) is 93.7 cm³/mol. The van der Waals surface area contributed by atoms with Crippen molar-refractivity contribution in [3.8, 4) is 0 Å². The van der Waals surface area contributed by atoms with Gasteiger partial charge in [-0.05, 0) is 51.8 Å². The van der Waals surface area contributed by atoms with E-state index in [-0.39, 0.29) is 16.3 Å². The molecule has 6 nitrogen and oxygen atoms in total. The topological polar surface area (TPSA) is 106 Å². The Bertz CT molecular complexity index is 927. The van der Waals surface area contributed by atoms with Crippen LogP contribution in [0.3, 0.4) is 0 Å². The summed E-state index contributed by atoms with van der Waals surface area (Å²) in [6, 6.07) is 10.5. The van der Waals surface area contributed by atoms with E-state index in [1.807, 2.05) is 0 Å². The van der Waals surface area contributed by atoms with Crippen LogP contribution in [0.1, 0.15) is 5.56 Å². The standard InChI is InChI=1S/C13H12Br2N2O4S2/c14-10-3-6-12(15)13(7-10)23(20,21)17-8-9-1-4-11(5-2-9)22(16,18)19/h1-7,17H,8H2,(H2,16,18,19). The number of nitrogens with two attached hydrogens (primary N) is 1. The smallest absolute Gasteiger partial charge is 0.225 e. The van der Waals surface area contributed by atoms with Gasteiger partial charge >= 0.3 is 0 Å². The van der Waals surface area contributed by atoms with Crippen molar-refractivity contribution >= 4 is 51.9 Å². The fraction of sp³-hybridized carbons (Fsp3) is 0.0769. The van der Waals surface area contributed by atoms with Crippen molar-refractivity contribution in [2.45, 2.75) is 16.3 Å². The summed E-state index contributed by atoms with van der Waals surface area (Å²) in [4.78, 5) is 0.0758. The highest BCUT2D eigenvalue weighted by Crippen LogP contribution is 2.25. The van der Waals surface area contributed by atoms with Crippen LogP contribution in [0.25, 0.3) is 0 Å². The van der Waals surface area contributed by atoms with E-state index < -0.39 is 20.0 Å². The second-order valence-electron chi connectivity index (χ2n) is 4.59. The van der Waals surface area contributed by atoms with Crippen LogP contribution in [0.5, 0.6) is 0 Å². The molecule has 0 aliphatic carbocycles. The molecule has 0 bridgehead atoms. The fourth-order valence-electron chi connectivity index (χ4n) is 1.74. The van der Waals surface area contributed by atoms with Crippen molar-refractivity contribution in [1.82, 2.24) is 4.72 Å². The third-order valence-electron chi connectivity index (χ3n) is 2.90. The Morgan fingerprint density at radius 3 is 2.13 bits per heavy atom. The van der Waals surface area contributed by atoms with Gasteiger partial charge in [0.1, 0.15) is 0 Å². The molecule has 0 saturated heterocycles. The van der Waals surface area contributed by atoms with Crippen molar-refractivity contribution in [2.24, 2.45) is 5.14 Å². The van der Waals surface area contributed by atoms with Crippen LogP contribution in [0.4, 0.5) is 0 Å². The molecule has 0 amide bonds. The average molecular weight is 484 g/mol. The molecule has 2 rings (SSSR count). The molecule has 10 heteroatoms. The van der Waals surface area contributed by atoms with Crippen molar-refractivity contribution in [2.75, 3.05) is 0 Å². The lowest BCUT2D eigenvalue weighted by molar-refractivity contribution is 0.580. The maximum absolute atomic E-state index is 12.3. The second kappa shape index (κ2) is 6.99. The van der Waals surface area contributed by atoms with Gasteiger partial charge in [0, 0.05) is 15.5 Å². The first-order chi connectivity index (χ1) is 10.6. The summed E-state index contributed by atoms with van der Waals surface area (Å²) >= 11 is 6.43. The Morgan fingerprint density at radius 1 is 0.957 bits per heavy atom. The van der Waals surface area contributed by atoms with Gasteiger partial charge in [0.15, 0.2) is 0 Å². The predicted octanol–water partition coefficient (Wildman–Crippen LogP) is 2.34. The molecule has 124 valence electrons. The minimum atomic E-state index is -3.77. The Balaban J connectivity index is 2.18. The summed E-state index contributed by atoms with van der Waals surface area (Å²) in [5, 5.41) is 5.01. The van der Waals surface area contributed by atoms with E-state index in [2.05, 4.69) is 36.6 Å². The molecule has 0 saturated carbocycles. The zero-order chi connectivity index (χ0) is 17.3. The molecular weight excluding hydrogens is 472 g/mol. The van der Waals surface area contributed by atoms with Gasteiger partial charge in [0.25, 0.3) is 0 Å². The number of nitrogens with one attached hydrogen (secondary N) is 1. The Hall–Kier alpha value is -0.780. The molecule has 0 spiro atoms. The van der Waals surface area contributed by atoms with Crippen LogP contribution in [0.2, 0.25) is 0 Å². The first-order valence-electron chi connectivity index (χ1n) is 6.16. The molecule has 23 heavy (non-hydrogen) atoms. The number of sulfonamides is 2. The van der Waals surface area contributed by atoms with Crippen molar-refractivity contribution in [3.05, 3.63) is 57.0 Å². The molecule has 0 radical (unpaired) electrons. The van der Waals surface area contributed by atoms with Gasteiger partial charge in [-0.2, -0.15) is 0 Å². The number of halogens is 2. The zero-order valence-corrected chi connectivity index (χ0v) is 16.3. The Kier molecular flexibility index (Phi) is 5.64. The van der Waals surface area contributed by atoms with Gasteiger partial charge in [-0.3, -0.25) is 0 Å². The number of rotatable bonds is 5. The summed E-state index contributed by atoms with van der Waals surface area (Å²) in [5.41, 5.74) is 0.604. The third kappa shape index (κ3) is 4.85. The van der Waals surface area contributed by atoms with Gasteiger partial charge in [-0.15, -0.1) is 0 Å². The second-order valence-corrected chi connectivity index (χ2v) is 9.66. The van der Waals surface area contributed by atoms with E-state index in [4.69, 9.17) is 5.14 Å². The molecule has 0 aromatic heterocycles. The maximum atomic E-state index is 12.3. The highest BCUT2D eigenvalue weighted by molar-refractivity contribution is 9.11. The first kappa shape index (κ1) is 18.6. The highest BCUT2D eigenvalue weighted by Gasteiger charge is 2.18. The van der Waals surface area contributed by atoms with E-state index in [9.17, 15) is 16.8 Å². The van der Waals surface area contributed by atoms with Crippen molar-refractivity contribution in [3.63, 3.8) is 0 Å². The number of hydrogen-bond acceptors (Lipinski definition) is 4. The molecule has 2 aromatic carbocycles. The van der Waals surface area contributed by atoms with Crippen LogP contribution in [-0.2, 0) is 26.6 Å². The van der Waals surface area contributed by atoms with Gasteiger partial charge in [-0.1, -0.05) is 28.1 Å². The molecule has 0 aliphatic rings. The van der Waals surface area contributed by atoms with E-state index in [0.717, 1.165) is 0 Å². The molecule has 0 aliphatic heterocycles. The van der Waals surface area contributed by atoms with E-state index in [1.165, 1.54) is 30.3 Å². The molecule has 0 fully saturated rings. The van der Waals surface area contributed by atoms with Crippen LogP contribution >= 0.6 is 31.9 Å². The van der Waals surface area contributed by atoms with Gasteiger partial charge < -0.3 is 0 Å². The van der Waals surface area contributed by atoms with Crippen molar-refractivity contribution in [1.29, 1.82) is 0 Å². The third-order valence-corrected chi connectivity index (χ3v) is 6.72. The molecule has 0 heterocycles. The number of benzene rings is 2. The van der Waals surface area contributed by atoms with Crippen LogP contribution in [0, 0.1) is 0 Å². The quantitative estimate of drug-likeness (QED) is 0.680. The summed E-state index contributed by atoms with van der Waals surface area (Å²) in [6.45, 7) is 0.0200. The Labute approximate surface area is 151 Å². The maximum Gasteiger partial charge on any atom is 0.242 e. The van der Waals surface area contributed by atoms with Crippen molar-refractivity contribution < 1.29 is 16.8 Å². The zero-order valence-electron chi connectivity index (χ0n) is 11.5. The summed E-state index contributed by atoms with van der Waals surface area (Å²) in [5.74, 6) is 0. The van der Waals surface area contributed by atoms with Crippen LogP contribution < -0.4 is 9.86 Å². The lowest BCUT2D eigenvalue weighted by atomic mass is 10.2. The minimum absolute atomic E-state index is 0.0200. The number of hydrogen-bond donors (Lipinski definition) is 2. The SMILES string of the molecule is NS(=O)(=O)c1ccc(CNS(=O)(=O)c2cc(Br)ccc2Br)cc1. The molecule has 2 aromatic rings. The molecular formula is C13H12Br2N2O4S2. The van der Waals surface area contributed by atoms with E-state index in [1.54, 1.807) is 12.1 Å². The monoisotopic (exact) mass is 482 g/mol. The van der Waals surface area contributed by atoms with Gasteiger partial charge in [0.05, 0.1) is 9.79 Å². The summed E-state index contributed by atoms with van der Waals surface area (Å²) < 4.78 is 50.5. The molecule has 3 N–H and O–H groups in total. The average Bonchev–Trinajstić information content (AvgIpc) is 2.47. The van der Waals surface area contributed by atoms with E-state index in [0.29, 0.717) is 14.5 Å². The van der Waals surface area contributed by atoms with Gasteiger partial charge in [0.2, 0.25) is 20.0 Å². The van der Waals surface area contributed by atoms with E-state index >= 15 is 0 Å². The fourth-order valence-corrected chi connectivity index (χ4v) is 4.77. The summed E-state index contributed by atoms with van der Waals surface area (Å²) in [7, 11) is -7.49. The largest absolute Gasteiger partial charge is 0.242 e. The molecule has 0 atom stereocenters. The van der Waals surface area contributed by atoms with Crippen LogP contribution in [0.15, 0.2) is 61.2 Å². The Morgan fingerprint density at radius 2 is 1.57 bits per heavy atom. The number of primary sulfonamides is 1. The first-order valence-corrected chi connectivity index (χ1v) is 10.8. The minimum Gasteiger partial charge on any atom is -0.225 e. The lowest BCUT2D eigenvalue weighted by Crippen LogP contribution is -2.23. The lowest BCUT2D eigenvalue weighted by Gasteiger charge is -2.09. The normalized spacial score (nSPS) is 12.3.